The van der Waals surface area contributed by atoms with Crippen LogP contribution in [0.15, 0.2) is 100 Å². The van der Waals surface area contributed by atoms with Crippen molar-refractivity contribution < 1.29 is 17.7 Å². The van der Waals surface area contributed by atoms with Gasteiger partial charge >= 0.3 is 0 Å². The molecular formula is C25H22N4O4S2. The van der Waals surface area contributed by atoms with Gasteiger partial charge < -0.3 is 15.2 Å². The fourth-order valence-corrected chi connectivity index (χ4v) is 4.66. The van der Waals surface area contributed by atoms with Gasteiger partial charge in [0.15, 0.2) is 10.9 Å². The maximum atomic E-state index is 13.2. The number of nitrogens with one attached hydrogen (secondary N) is 3. The second kappa shape index (κ2) is 10.5. The molecule has 8 nitrogen and oxygen atoms in total. The second-order valence-electron chi connectivity index (χ2n) is 7.65. The van der Waals surface area contributed by atoms with Crippen LogP contribution in [0.3, 0.4) is 0 Å². The summed E-state index contributed by atoms with van der Waals surface area (Å²) < 4.78 is 32.3. The average molecular weight is 507 g/mol. The van der Waals surface area contributed by atoms with E-state index in [4.69, 9.17) is 16.7 Å². The number of aryl methyl sites for hydroxylation is 1. The Bertz CT molecular complexity index is 1380. The highest BCUT2D eigenvalue weighted by molar-refractivity contribution is 7.92. The molecule has 0 saturated carbocycles. The maximum absolute atomic E-state index is 13.2. The van der Waals surface area contributed by atoms with E-state index in [0.717, 1.165) is 11.1 Å². The zero-order chi connectivity index (χ0) is 24.8. The monoisotopic (exact) mass is 506 g/mol. The van der Waals surface area contributed by atoms with Crippen LogP contribution in [-0.4, -0.2) is 24.6 Å². The molecule has 0 aliphatic carbocycles. The smallest absolute Gasteiger partial charge is 0.263 e. The van der Waals surface area contributed by atoms with Crippen LogP contribution in [0.2, 0.25) is 0 Å². The number of benzene rings is 3. The third kappa shape index (κ3) is 6.11. The Morgan fingerprint density at radius 1 is 0.914 bits per heavy atom. The number of hydrogen-bond donors (Lipinski definition) is 3. The van der Waals surface area contributed by atoms with E-state index in [0.29, 0.717) is 11.4 Å². The summed E-state index contributed by atoms with van der Waals surface area (Å²) in [6.07, 6.45) is 0. The lowest BCUT2D eigenvalue weighted by Crippen LogP contribution is -2.37. The Morgan fingerprint density at radius 3 is 2.00 bits per heavy atom. The molecule has 4 rings (SSSR count). The molecule has 0 radical (unpaired) electrons. The Kier molecular flexibility index (Phi) is 7.23. The van der Waals surface area contributed by atoms with E-state index in [1.807, 2.05) is 60.7 Å². The van der Waals surface area contributed by atoms with Crippen LogP contribution in [0.5, 0.6) is 0 Å². The van der Waals surface area contributed by atoms with Crippen LogP contribution < -0.4 is 15.4 Å². The number of carbonyl (C=O) groups excluding carboxylic acids is 1. The zero-order valence-electron chi connectivity index (χ0n) is 18.6. The molecule has 0 bridgehead atoms. The highest BCUT2D eigenvalue weighted by Gasteiger charge is 2.23. The molecule has 0 unspecified atom stereocenters. The summed E-state index contributed by atoms with van der Waals surface area (Å²) in [5.41, 5.74) is 2.19. The lowest BCUT2D eigenvalue weighted by molar-refractivity contribution is -0.120. The first kappa shape index (κ1) is 24.1. The molecular weight excluding hydrogens is 484 g/mol. The van der Waals surface area contributed by atoms with Gasteiger partial charge in [-0.2, -0.15) is 0 Å². The summed E-state index contributed by atoms with van der Waals surface area (Å²) >= 11 is 5.33. The SMILES string of the molecule is Cc1cc(NS(=O)(=O)c2ccc(NC(=S)NC(=O)C(c3ccccc3)c3ccccc3)cc2)no1. The fraction of sp³-hybridized carbons (Fsp3) is 0.0800. The molecule has 1 amide bonds. The van der Waals surface area contributed by atoms with E-state index < -0.39 is 15.9 Å². The summed E-state index contributed by atoms with van der Waals surface area (Å²) in [6.45, 7) is 1.66. The van der Waals surface area contributed by atoms with Gasteiger partial charge in [0.25, 0.3) is 10.0 Å². The molecule has 0 aliphatic rings. The third-order valence-electron chi connectivity index (χ3n) is 5.05. The first-order chi connectivity index (χ1) is 16.8. The standard InChI is InChI=1S/C25H22N4O4S2/c1-17-16-22(28-33-17)29-35(31,32)21-14-12-20(13-15-21)26-25(34)27-24(30)23(18-8-4-2-5-9-18)19-10-6-3-7-11-19/h2-16,23H,1H3,(H,28,29)(H2,26,27,30,34). The minimum atomic E-state index is -3.84. The predicted molar refractivity (Wildman–Crippen MR) is 138 cm³/mol. The summed E-state index contributed by atoms with van der Waals surface area (Å²) in [5, 5.41) is 9.39. The van der Waals surface area contributed by atoms with Crippen LogP contribution in [0.1, 0.15) is 22.8 Å². The van der Waals surface area contributed by atoms with Crippen LogP contribution in [0.25, 0.3) is 0 Å². The molecule has 4 aromatic rings. The van der Waals surface area contributed by atoms with Crippen molar-refractivity contribution in [3.05, 3.63) is 108 Å². The van der Waals surface area contributed by atoms with Gasteiger partial charge in [0, 0.05) is 11.8 Å². The highest BCUT2D eigenvalue weighted by atomic mass is 32.2. The van der Waals surface area contributed by atoms with Crippen LogP contribution in [-0.2, 0) is 14.8 Å². The Hall–Kier alpha value is -4.02. The molecule has 0 aliphatic heterocycles. The topological polar surface area (TPSA) is 113 Å². The minimum Gasteiger partial charge on any atom is -0.360 e. The molecule has 35 heavy (non-hydrogen) atoms. The van der Waals surface area contributed by atoms with E-state index in [9.17, 15) is 13.2 Å². The van der Waals surface area contributed by atoms with E-state index in [2.05, 4.69) is 20.5 Å². The average Bonchev–Trinajstić information content (AvgIpc) is 3.24. The number of thiocarbonyl (C=S) groups is 1. The Balaban J connectivity index is 1.43. The lowest BCUT2D eigenvalue weighted by Gasteiger charge is -2.18. The maximum Gasteiger partial charge on any atom is 0.263 e. The van der Waals surface area contributed by atoms with Gasteiger partial charge in [-0.3, -0.25) is 9.52 Å². The van der Waals surface area contributed by atoms with Gasteiger partial charge in [0.05, 0.1) is 10.8 Å². The third-order valence-corrected chi connectivity index (χ3v) is 6.63. The largest absolute Gasteiger partial charge is 0.360 e. The van der Waals surface area contributed by atoms with Crippen LogP contribution in [0, 0.1) is 6.92 Å². The number of sulfonamides is 1. The van der Waals surface area contributed by atoms with Gasteiger partial charge in [-0.15, -0.1) is 0 Å². The van der Waals surface area contributed by atoms with Crippen molar-refractivity contribution >= 4 is 44.8 Å². The number of amides is 1. The molecule has 178 valence electrons. The first-order valence-corrected chi connectivity index (χ1v) is 12.5. The van der Waals surface area contributed by atoms with E-state index in [1.165, 1.54) is 18.2 Å². The Labute approximate surface area is 208 Å². The summed E-state index contributed by atoms with van der Waals surface area (Å²) in [6, 6.07) is 26.3. The first-order valence-electron chi connectivity index (χ1n) is 10.6. The quantitative estimate of drug-likeness (QED) is 0.318. The van der Waals surface area contributed by atoms with E-state index >= 15 is 0 Å². The Morgan fingerprint density at radius 2 is 1.49 bits per heavy atom. The summed E-state index contributed by atoms with van der Waals surface area (Å²) in [7, 11) is -3.84. The molecule has 3 aromatic carbocycles. The van der Waals surface area contributed by atoms with Gasteiger partial charge in [-0.05, 0) is 54.5 Å². The van der Waals surface area contributed by atoms with Crippen LogP contribution in [0.4, 0.5) is 11.5 Å². The van der Waals surface area contributed by atoms with E-state index in [1.54, 1.807) is 19.1 Å². The van der Waals surface area contributed by atoms with Gasteiger partial charge in [-0.1, -0.05) is 65.8 Å². The van der Waals surface area contributed by atoms with Gasteiger partial charge in [-0.25, -0.2) is 8.42 Å². The second-order valence-corrected chi connectivity index (χ2v) is 9.74. The van der Waals surface area contributed by atoms with Crippen molar-refractivity contribution in [2.45, 2.75) is 17.7 Å². The van der Waals surface area contributed by atoms with Crippen molar-refractivity contribution in [3.63, 3.8) is 0 Å². The highest BCUT2D eigenvalue weighted by Crippen LogP contribution is 2.25. The molecule has 10 heteroatoms. The van der Waals surface area contributed by atoms with Crippen molar-refractivity contribution in [3.8, 4) is 0 Å². The van der Waals surface area contributed by atoms with Crippen LogP contribution >= 0.6 is 12.2 Å². The molecule has 3 N–H and O–H groups in total. The normalized spacial score (nSPS) is 11.1. The summed E-state index contributed by atoms with van der Waals surface area (Å²) in [5.74, 6) is -0.248. The van der Waals surface area contributed by atoms with Crippen molar-refractivity contribution in [1.82, 2.24) is 10.5 Å². The summed E-state index contributed by atoms with van der Waals surface area (Å²) in [4.78, 5) is 13.2. The van der Waals surface area contributed by atoms with Crippen molar-refractivity contribution in [2.24, 2.45) is 0 Å². The number of hydrogen-bond acceptors (Lipinski definition) is 6. The number of nitrogens with zero attached hydrogens (tertiary/aromatic N) is 1. The number of carbonyl (C=O) groups is 1. The van der Waals surface area contributed by atoms with Crippen molar-refractivity contribution in [1.29, 1.82) is 0 Å². The predicted octanol–water partition coefficient (Wildman–Crippen LogP) is 4.43. The molecule has 0 spiro atoms. The minimum absolute atomic E-state index is 0.0341. The zero-order valence-corrected chi connectivity index (χ0v) is 20.3. The van der Waals surface area contributed by atoms with Gasteiger partial charge in [0.1, 0.15) is 5.76 Å². The molecule has 0 fully saturated rings. The number of anilines is 2. The molecule has 1 heterocycles. The van der Waals surface area contributed by atoms with E-state index in [-0.39, 0.29) is 21.7 Å². The van der Waals surface area contributed by atoms with Crippen molar-refractivity contribution in [2.75, 3.05) is 10.0 Å². The molecule has 0 saturated heterocycles. The number of aromatic nitrogens is 1. The van der Waals surface area contributed by atoms with Gasteiger partial charge in [0.2, 0.25) is 5.91 Å². The molecule has 1 aromatic heterocycles. The molecule has 0 atom stereocenters. The number of rotatable bonds is 7. The fourth-order valence-electron chi connectivity index (χ4n) is 3.46. The lowest BCUT2D eigenvalue weighted by atomic mass is 9.90.